The Morgan fingerprint density at radius 1 is 0.889 bits per heavy atom. The molecule has 0 atom stereocenters. The van der Waals surface area contributed by atoms with Crippen LogP contribution in [0.25, 0.3) is 0 Å². The number of carbonyl (C=O) groups is 1. The lowest BCUT2D eigenvalue weighted by Gasteiger charge is -2.17. The molecule has 0 unspecified atom stereocenters. The predicted octanol–water partition coefficient (Wildman–Crippen LogP) is 6.20. The van der Waals surface area contributed by atoms with E-state index in [0.29, 0.717) is 0 Å². The van der Waals surface area contributed by atoms with Gasteiger partial charge >= 0.3 is 6.09 Å². The molecule has 0 spiro atoms. The lowest BCUT2D eigenvalue weighted by molar-refractivity contribution is 0.148. The van der Waals surface area contributed by atoms with Gasteiger partial charge in [0.1, 0.15) is 12.4 Å². The number of benzene rings is 2. The van der Waals surface area contributed by atoms with Crippen molar-refractivity contribution in [2.24, 2.45) is 0 Å². The minimum absolute atomic E-state index is 0.267. The summed E-state index contributed by atoms with van der Waals surface area (Å²) in [5.41, 5.74) is 1.75. The molecule has 4 heteroatoms. The molecule has 0 bridgehead atoms. The van der Waals surface area contributed by atoms with Gasteiger partial charge in [0.25, 0.3) is 0 Å². The molecule has 0 N–H and O–H groups in total. The first-order valence-corrected chi connectivity index (χ1v) is 9.88. The first-order chi connectivity index (χ1) is 13.2. The first-order valence-electron chi connectivity index (χ1n) is 9.88. The molecule has 4 nitrogen and oxygen atoms in total. The molecule has 0 fully saturated rings. The lowest BCUT2D eigenvalue weighted by Crippen LogP contribution is -2.26. The summed E-state index contributed by atoms with van der Waals surface area (Å²) < 4.78 is 11.1. The van der Waals surface area contributed by atoms with Crippen LogP contribution in [-0.2, 0) is 11.3 Å². The van der Waals surface area contributed by atoms with E-state index in [9.17, 15) is 4.79 Å². The van der Waals surface area contributed by atoms with Gasteiger partial charge in [-0.05, 0) is 36.2 Å². The zero-order valence-electron chi connectivity index (χ0n) is 16.5. The summed E-state index contributed by atoms with van der Waals surface area (Å²) in [5.74, 6) is 0.832. The van der Waals surface area contributed by atoms with Crippen LogP contribution >= 0.6 is 0 Å². The summed E-state index contributed by atoms with van der Waals surface area (Å²) >= 11 is 0. The van der Waals surface area contributed by atoms with Crippen LogP contribution in [0.1, 0.15) is 51.0 Å². The third-order valence-electron chi connectivity index (χ3n) is 4.47. The standard InChI is InChI=1S/C23H31NO3/c1-3-4-5-6-7-11-18-26-22-16-14-21(15-17-22)24(2)23(25)27-19-20-12-9-8-10-13-20/h8-10,12-17H,3-7,11,18-19H2,1-2H3. The van der Waals surface area contributed by atoms with E-state index < -0.39 is 0 Å². The maximum atomic E-state index is 12.2. The van der Waals surface area contributed by atoms with Gasteiger partial charge in [0, 0.05) is 12.7 Å². The second-order valence-electron chi connectivity index (χ2n) is 6.71. The molecule has 0 heterocycles. The second kappa shape index (κ2) is 12.0. The summed E-state index contributed by atoms with van der Waals surface area (Å²) in [6.45, 7) is 3.23. The Balaban J connectivity index is 1.70. The summed E-state index contributed by atoms with van der Waals surface area (Å²) in [7, 11) is 1.71. The van der Waals surface area contributed by atoms with Crippen LogP contribution in [0.4, 0.5) is 10.5 Å². The van der Waals surface area contributed by atoms with Gasteiger partial charge < -0.3 is 9.47 Å². The van der Waals surface area contributed by atoms with Gasteiger partial charge in [-0.2, -0.15) is 0 Å². The van der Waals surface area contributed by atoms with Crippen molar-refractivity contribution in [2.75, 3.05) is 18.6 Å². The molecule has 146 valence electrons. The van der Waals surface area contributed by atoms with Gasteiger partial charge in [-0.1, -0.05) is 69.4 Å². The van der Waals surface area contributed by atoms with Gasteiger partial charge in [-0.15, -0.1) is 0 Å². The van der Waals surface area contributed by atoms with E-state index in [1.165, 1.54) is 37.0 Å². The number of amides is 1. The number of ether oxygens (including phenoxy) is 2. The van der Waals surface area contributed by atoms with Crippen LogP contribution in [0.15, 0.2) is 54.6 Å². The summed E-state index contributed by atoms with van der Waals surface area (Å²) in [5, 5.41) is 0. The highest BCUT2D eigenvalue weighted by molar-refractivity contribution is 5.86. The molecule has 1 amide bonds. The van der Waals surface area contributed by atoms with E-state index in [0.717, 1.165) is 30.0 Å². The van der Waals surface area contributed by atoms with Crippen molar-refractivity contribution < 1.29 is 14.3 Å². The summed E-state index contributed by atoms with van der Waals surface area (Å²) in [4.78, 5) is 13.7. The molecular formula is C23H31NO3. The van der Waals surface area contributed by atoms with Gasteiger partial charge in [-0.25, -0.2) is 4.79 Å². The average molecular weight is 370 g/mol. The van der Waals surface area contributed by atoms with Crippen molar-refractivity contribution in [3.05, 3.63) is 60.2 Å². The number of hydrogen-bond acceptors (Lipinski definition) is 3. The Morgan fingerprint density at radius 2 is 1.56 bits per heavy atom. The first kappa shape index (κ1) is 20.8. The van der Waals surface area contributed by atoms with Gasteiger partial charge in [0.2, 0.25) is 0 Å². The van der Waals surface area contributed by atoms with Crippen molar-refractivity contribution in [3.63, 3.8) is 0 Å². The Hall–Kier alpha value is -2.49. The maximum absolute atomic E-state index is 12.2. The van der Waals surface area contributed by atoms with Gasteiger partial charge in [0.15, 0.2) is 0 Å². The summed E-state index contributed by atoms with van der Waals surface area (Å²) in [6.07, 6.45) is 7.12. The fourth-order valence-corrected chi connectivity index (χ4v) is 2.76. The van der Waals surface area contributed by atoms with Gasteiger partial charge in [-0.3, -0.25) is 4.90 Å². The Bertz CT molecular complexity index is 655. The van der Waals surface area contributed by atoms with Crippen LogP contribution in [0.5, 0.6) is 5.75 Å². The topological polar surface area (TPSA) is 38.8 Å². The predicted molar refractivity (Wildman–Crippen MR) is 110 cm³/mol. The minimum atomic E-state index is -0.375. The number of unbranched alkanes of at least 4 members (excludes halogenated alkanes) is 5. The second-order valence-corrected chi connectivity index (χ2v) is 6.71. The third kappa shape index (κ3) is 7.73. The quantitative estimate of drug-likeness (QED) is 0.443. The van der Waals surface area contributed by atoms with Gasteiger partial charge in [0.05, 0.1) is 6.61 Å². The van der Waals surface area contributed by atoms with Crippen LogP contribution in [-0.4, -0.2) is 19.7 Å². The molecule has 0 saturated carbocycles. The Morgan fingerprint density at radius 3 is 2.26 bits per heavy atom. The van der Waals surface area contributed by atoms with E-state index in [4.69, 9.17) is 9.47 Å². The molecule has 2 aromatic rings. The van der Waals surface area contributed by atoms with E-state index in [1.54, 1.807) is 7.05 Å². The molecule has 2 rings (SSSR count). The van der Waals surface area contributed by atoms with Crippen LogP contribution < -0.4 is 9.64 Å². The number of carbonyl (C=O) groups excluding carboxylic acids is 1. The molecule has 0 radical (unpaired) electrons. The highest BCUT2D eigenvalue weighted by atomic mass is 16.6. The number of anilines is 1. The lowest BCUT2D eigenvalue weighted by atomic mass is 10.1. The SMILES string of the molecule is CCCCCCCCOc1ccc(N(C)C(=O)OCc2ccccc2)cc1. The minimum Gasteiger partial charge on any atom is -0.494 e. The molecule has 0 aliphatic carbocycles. The van der Waals surface area contributed by atoms with Crippen LogP contribution in [0, 0.1) is 0 Å². The van der Waals surface area contributed by atoms with Crippen molar-refractivity contribution in [1.29, 1.82) is 0 Å². The van der Waals surface area contributed by atoms with E-state index in [1.807, 2.05) is 54.6 Å². The van der Waals surface area contributed by atoms with Crippen molar-refractivity contribution in [3.8, 4) is 5.75 Å². The van der Waals surface area contributed by atoms with Crippen molar-refractivity contribution >= 4 is 11.8 Å². The molecule has 2 aromatic carbocycles. The highest BCUT2D eigenvalue weighted by Crippen LogP contribution is 2.20. The monoisotopic (exact) mass is 369 g/mol. The molecule has 0 aliphatic heterocycles. The van der Waals surface area contributed by atoms with E-state index in [2.05, 4.69) is 6.92 Å². The Labute approximate surface area is 163 Å². The normalized spacial score (nSPS) is 10.4. The number of nitrogens with zero attached hydrogens (tertiary/aromatic N) is 1. The average Bonchev–Trinajstić information content (AvgIpc) is 2.72. The van der Waals surface area contributed by atoms with Crippen LogP contribution in [0.3, 0.4) is 0 Å². The zero-order chi connectivity index (χ0) is 19.3. The molecular weight excluding hydrogens is 338 g/mol. The molecule has 27 heavy (non-hydrogen) atoms. The summed E-state index contributed by atoms with van der Waals surface area (Å²) in [6, 6.07) is 17.2. The smallest absolute Gasteiger partial charge is 0.414 e. The van der Waals surface area contributed by atoms with Crippen molar-refractivity contribution in [1.82, 2.24) is 0 Å². The number of rotatable bonds is 11. The third-order valence-corrected chi connectivity index (χ3v) is 4.47. The van der Waals surface area contributed by atoms with Crippen molar-refractivity contribution in [2.45, 2.75) is 52.1 Å². The number of hydrogen-bond donors (Lipinski definition) is 0. The molecule has 0 saturated heterocycles. The molecule has 0 aliphatic rings. The van der Waals surface area contributed by atoms with Crippen LogP contribution in [0.2, 0.25) is 0 Å². The van der Waals surface area contributed by atoms with E-state index in [-0.39, 0.29) is 12.7 Å². The fourth-order valence-electron chi connectivity index (χ4n) is 2.76. The van der Waals surface area contributed by atoms with E-state index >= 15 is 0 Å². The highest BCUT2D eigenvalue weighted by Gasteiger charge is 2.12. The largest absolute Gasteiger partial charge is 0.494 e. The maximum Gasteiger partial charge on any atom is 0.414 e. The Kier molecular flexibility index (Phi) is 9.25. The zero-order valence-corrected chi connectivity index (χ0v) is 16.5. The fraction of sp³-hybridized carbons (Fsp3) is 0.435. The molecule has 0 aromatic heterocycles.